The Balaban J connectivity index is 1.73. The number of rotatable bonds is 2. The van der Waals surface area contributed by atoms with Gasteiger partial charge in [-0.3, -0.25) is 9.89 Å². The first-order valence-corrected chi connectivity index (χ1v) is 7.17. The van der Waals surface area contributed by atoms with Gasteiger partial charge >= 0.3 is 0 Å². The van der Waals surface area contributed by atoms with Crippen molar-refractivity contribution in [2.45, 2.75) is 31.6 Å². The molecule has 0 radical (unpaired) electrons. The van der Waals surface area contributed by atoms with E-state index in [1.54, 1.807) is 0 Å². The van der Waals surface area contributed by atoms with Crippen LogP contribution in [0.1, 0.15) is 31.0 Å². The van der Waals surface area contributed by atoms with Crippen LogP contribution in [0.25, 0.3) is 0 Å². The number of benzene rings is 2. The molecule has 20 heavy (non-hydrogen) atoms. The first-order chi connectivity index (χ1) is 9.68. The summed E-state index contributed by atoms with van der Waals surface area (Å²) in [4.78, 5) is 7.44. The van der Waals surface area contributed by atoms with E-state index < -0.39 is 0 Å². The van der Waals surface area contributed by atoms with Crippen LogP contribution >= 0.6 is 0 Å². The van der Waals surface area contributed by atoms with E-state index >= 15 is 0 Å². The Bertz CT molecular complexity index is 658. The summed E-state index contributed by atoms with van der Waals surface area (Å²) >= 11 is 0. The van der Waals surface area contributed by atoms with E-state index in [0.717, 1.165) is 0 Å². The van der Waals surface area contributed by atoms with Gasteiger partial charge in [0.25, 0.3) is 0 Å². The minimum absolute atomic E-state index is 0.101. The van der Waals surface area contributed by atoms with E-state index in [0.29, 0.717) is 12.1 Å². The van der Waals surface area contributed by atoms with E-state index in [4.69, 9.17) is 4.99 Å². The predicted octanol–water partition coefficient (Wildman–Crippen LogP) is 3.65. The van der Waals surface area contributed by atoms with E-state index in [1.807, 2.05) is 0 Å². The van der Waals surface area contributed by atoms with Gasteiger partial charge in [0.1, 0.15) is 5.66 Å². The molecule has 2 aliphatic heterocycles. The molecule has 2 heterocycles. The second-order valence-electron chi connectivity index (χ2n) is 6.07. The molecule has 2 heteroatoms. The number of hydrogen-bond donors (Lipinski definition) is 0. The molecule has 0 aliphatic carbocycles. The highest BCUT2D eigenvalue weighted by Crippen LogP contribution is 2.54. The second kappa shape index (κ2) is 4.03. The van der Waals surface area contributed by atoms with Crippen LogP contribution in [0.5, 0.6) is 0 Å². The lowest BCUT2D eigenvalue weighted by molar-refractivity contribution is 0.281. The summed E-state index contributed by atoms with van der Waals surface area (Å²) in [5.74, 6) is 0. The van der Waals surface area contributed by atoms with Crippen molar-refractivity contribution in [2.24, 2.45) is 4.99 Å². The van der Waals surface area contributed by atoms with E-state index in [-0.39, 0.29) is 5.66 Å². The molecule has 3 atom stereocenters. The molecule has 100 valence electrons. The van der Waals surface area contributed by atoms with Crippen LogP contribution in [0.3, 0.4) is 0 Å². The zero-order valence-corrected chi connectivity index (χ0v) is 11.8. The van der Waals surface area contributed by atoms with Crippen molar-refractivity contribution in [3.63, 3.8) is 0 Å². The molecule has 0 bridgehead atoms. The first-order valence-electron chi connectivity index (χ1n) is 7.17. The molecule has 1 fully saturated rings. The van der Waals surface area contributed by atoms with Crippen molar-refractivity contribution in [3.05, 3.63) is 71.8 Å². The fraction of sp³-hybridized carbons (Fsp3) is 0.278. The van der Waals surface area contributed by atoms with Crippen molar-refractivity contribution in [3.8, 4) is 0 Å². The molecular formula is C18H18N2. The standard InChI is InChI=1S/C18H18N2/c1-18(2)19-15(13-9-5-3-6-10-13)17-16(20(17)18)14-11-7-4-8-12-14/h3-12,16-17H,1-2H3/t16-,17-,20?/m1/s1. The van der Waals surface area contributed by atoms with Gasteiger partial charge < -0.3 is 0 Å². The van der Waals surface area contributed by atoms with Gasteiger partial charge in [-0.15, -0.1) is 0 Å². The molecule has 1 unspecified atom stereocenters. The Labute approximate surface area is 119 Å². The third-order valence-electron chi connectivity index (χ3n) is 4.33. The normalized spacial score (nSPS) is 29.7. The molecule has 2 aliphatic rings. The fourth-order valence-corrected chi connectivity index (χ4v) is 3.45. The maximum Gasteiger partial charge on any atom is 0.109 e. The van der Waals surface area contributed by atoms with Crippen molar-refractivity contribution in [2.75, 3.05) is 0 Å². The number of fused-ring (bicyclic) bond motifs is 1. The zero-order chi connectivity index (χ0) is 13.7. The number of hydrogen-bond acceptors (Lipinski definition) is 2. The Kier molecular flexibility index (Phi) is 2.39. The predicted molar refractivity (Wildman–Crippen MR) is 81.9 cm³/mol. The molecule has 0 spiro atoms. The van der Waals surface area contributed by atoms with Gasteiger partial charge in [-0.05, 0) is 25.0 Å². The largest absolute Gasteiger partial charge is 0.266 e. The lowest BCUT2D eigenvalue weighted by Crippen LogP contribution is -2.25. The van der Waals surface area contributed by atoms with Crippen molar-refractivity contribution < 1.29 is 0 Å². The van der Waals surface area contributed by atoms with Crippen molar-refractivity contribution in [1.82, 2.24) is 4.90 Å². The van der Waals surface area contributed by atoms with Crippen molar-refractivity contribution >= 4 is 5.71 Å². The maximum absolute atomic E-state index is 4.94. The van der Waals surface area contributed by atoms with Crippen LogP contribution in [0.15, 0.2) is 65.7 Å². The Morgan fingerprint density at radius 1 is 0.850 bits per heavy atom. The summed E-state index contributed by atoms with van der Waals surface area (Å²) < 4.78 is 0. The average molecular weight is 262 g/mol. The average Bonchev–Trinajstić information content (AvgIpc) is 3.17. The quantitative estimate of drug-likeness (QED) is 0.754. The Morgan fingerprint density at radius 3 is 2.10 bits per heavy atom. The molecule has 0 saturated carbocycles. The van der Waals surface area contributed by atoms with Crippen molar-refractivity contribution in [1.29, 1.82) is 0 Å². The number of nitrogens with zero attached hydrogens (tertiary/aromatic N) is 2. The number of aliphatic imine (C=N–C) groups is 1. The summed E-state index contributed by atoms with van der Waals surface area (Å²) in [5.41, 5.74) is 3.79. The topological polar surface area (TPSA) is 15.4 Å². The molecule has 0 amide bonds. The summed E-state index contributed by atoms with van der Waals surface area (Å²) in [6, 6.07) is 22.3. The summed E-state index contributed by atoms with van der Waals surface area (Å²) in [5, 5.41) is 0. The van der Waals surface area contributed by atoms with Gasteiger partial charge in [0, 0.05) is 0 Å². The minimum atomic E-state index is -0.101. The molecule has 4 rings (SSSR count). The molecule has 2 nitrogen and oxygen atoms in total. The highest BCUT2D eigenvalue weighted by molar-refractivity contribution is 6.08. The minimum Gasteiger partial charge on any atom is -0.266 e. The SMILES string of the molecule is CC1(C)N=C(c2ccccc2)[C@@H]2[C@@H](c3ccccc3)N21. The molecule has 0 aromatic heterocycles. The van der Waals surface area contributed by atoms with Gasteiger partial charge in [0.15, 0.2) is 0 Å². The highest BCUT2D eigenvalue weighted by Gasteiger charge is 2.62. The van der Waals surface area contributed by atoms with Crippen LogP contribution in [-0.2, 0) is 0 Å². The summed E-state index contributed by atoms with van der Waals surface area (Å²) in [6.45, 7) is 4.41. The molecule has 2 aromatic carbocycles. The van der Waals surface area contributed by atoms with E-state index in [2.05, 4.69) is 79.4 Å². The van der Waals surface area contributed by atoms with Gasteiger partial charge in [-0.1, -0.05) is 60.7 Å². The van der Waals surface area contributed by atoms with Gasteiger partial charge in [0.2, 0.25) is 0 Å². The Morgan fingerprint density at radius 2 is 1.45 bits per heavy atom. The lowest BCUT2D eigenvalue weighted by atomic mass is 10.0. The Hall–Kier alpha value is -1.93. The van der Waals surface area contributed by atoms with Gasteiger partial charge in [-0.2, -0.15) is 0 Å². The molecular weight excluding hydrogens is 244 g/mol. The molecule has 0 N–H and O–H groups in total. The maximum atomic E-state index is 4.94. The monoisotopic (exact) mass is 262 g/mol. The highest BCUT2D eigenvalue weighted by atomic mass is 15.5. The third kappa shape index (κ3) is 1.65. The van der Waals surface area contributed by atoms with Gasteiger partial charge in [0.05, 0.1) is 17.8 Å². The second-order valence-corrected chi connectivity index (χ2v) is 6.07. The fourth-order valence-electron chi connectivity index (χ4n) is 3.45. The third-order valence-corrected chi connectivity index (χ3v) is 4.33. The summed E-state index contributed by atoms with van der Waals surface area (Å²) in [6.07, 6.45) is 0. The zero-order valence-electron chi connectivity index (χ0n) is 11.8. The van der Waals surface area contributed by atoms with Crippen LogP contribution in [0.2, 0.25) is 0 Å². The van der Waals surface area contributed by atoms with Crippen LogP contribution in [0.4, 0.5) is 0 Å². The lowest BCUT2D eigenvalue weighted by Gasteiger charge is -2.20. The first kappa shape index (κ1) is 11.9. The molecule has 1 saturated heterocycles. The van der Waals surface area contributed by atoms with Crippen LogP contribution in [-0.4, -0.2) is 22.3 Å². The summed E-state index contributed by atoms with van der Waals surface area (Å²) in [7, 11) is 0. The van der Waals surface area contributed by atoms with Crippen LogP contribution < -0.4 is 0 Å². The van der Waals surface area contributed by atoms with E-state index in [1.165, 1.54) is 16.8 Å². The van der Waals surface area contributed by atoms with Gasteiger partial charge in [-0.25, -0.2) is 0 Å². The van der Waals surface area contributed by atoms with Crippen LogP contribution in [0, 0.1) is 0 Å². The smallest absolute Gasteiger partial charge is 0.109 e. The molecule has 2 aromatic rings. The van der Waals surface area contributed by atoms with E-state index in [9.17, 15) is 0 Å².